The van der Waals surface area contributed by atoms with E-state index in [0.29, 0.717) is 35.8 Å². The van der Waals surface area contributed by atoms with Crippen molar-refractivity contribution < 1.29 is 29.0 Å². The van der Waals surface area contributed by atoms with E-state index in [1.807, 2.05) is 25.1 Å². The van der Waals surface area contributed by atoms with E-state index in [1.54, 1.807) is 19.3 Å². The van der Waals surface area contributed by atoms with E-state index in [-0.39, 0.29) is 62.6 Å². The summed E-state index contributed by atoms with van der Waals surface area (Å²) in [5, 5.41) is 11.0. The molecular weight excluding hydrogens is 588 g/mol. The highest BCUT2D eigenvalue weighted by Gasteiger charge is 2.70. The average molecular weight is 645 g/mol. The molecule has 0 amide bonds. The van der Waals surface area contributed by atoms with Gasteiger partial charge in [0.05, 0.1) is 18.6 Å². The Morgan fingerprint density at radius 1 is 0.936 bits per heavy atom. The van der Waals surface area contributed by atoms with Crippen molar-refractivity contribution in [3.05, 3.63) is 41.5 Å². The molecule has 4 saturated carbocycles. The Bertz CT molecular complexity index is 1550. The molecule has 0 aromatic heterocycles. The number of fused-ring (bicyclic) bond motifs is 7. The van der Waals surface area contributed by atoms with Gasteiger partial charge in [-0.3, -0.25) is 14.4 Å². The van der Waals surface area contributed by atoms with E-state index < -0.39 is 5.41 Å². The quantitative estimate of drug-likeness (QED) is 0.196. The highest BCUT2D eigenvalue weighted by molar-refractivity contribution is 5.96. The summed E-state index contributed by atoms with van der Waals surface area (Å²) in [7, 11) is 1.55. The van der Waals surface area contributed by atoms with Gasteiger partial charge >= 0.3 is 5.97 Å². The topological polar surface area (TPSA) is 89.9 Å². The van der Waals surface area contributed by atoms with Gasteiger partial charge in [-0.2, -0.15) is 0 Å². The first-order chi connectivity index (χ1) is 21.9. The lowest BCUT2D eigenvalue weighted by Gasteiger charge is -2.70. The number of esters is 1. The minimum absolute atomic E-state index is 0.00642. The fraction of sp³-hybridized carbons (Fsp3) is 0.683. The van der Waals surface area contributed by atoms with Crippen LogP contribution in [0, 0.1) is 50.2 Å². The molecule has 0 bridgehead atoms. The Hall–Kier alpha value is -2.73. The molecule has 0 aliphatic heterocycles. The zero-order valence-electron chi connectivity index (χ0n) is 30.1. The molecule has 1 aromatic rings. The first-order valence-corrected chi connectivity index (χ1v) is 17.9. The average Bonchev–Trinajstić information content (AvgIpc) is 3.00. The fourth-order valence-corrected chi connectivity index (χ4v) is 11.7. The summed E-state index contributed by atoms with van der Waals surface area (Å²) in [5.41, 5.74) is 0.401. The Morgan fingerprint density at radius 2 is 1.64 bits per heavy atom. The number of aliphatic hydroxyl groups excluding tert-OH is 1. The van der Waals surface area contributed by atoms with Gasteiger partial charge in [-0.1, -0.05) is 59.2 Å². The third-order valence-electron chi connectivity index (χ3n) is 15.0. The largest absolute Gasteiger partial charge is 0.493 e. The summed E-state index contributed by atoms with van der Waals surface area (Å²) in [4.78, 5) is 40.6. The molecular formula is C41H56O6. The number of para-hydroxylation sites is 1. The van der Waals surface area contributed by atoms with Gasteiger partial charge in [0.2, 0.25) is 0 Å². The molecule has 6 nitrogen and oxygen atoms in total. The first-order valence-electron chi connectivity index (χ1n) is 17.9. The fourth-order valence-electron chi connectivity index (χ4n) is 11.7. The number of benzene rings is 1. The Labute approximate surface area is 281 Å². The number of ketones is 2. The van der Waals surface area contributed by atoms with E-state index in [4.69, 9.17) is 9.47 Å². The van der Waals surface area contributed by atoms with Crippen LogP contribution in [0.25, 0.3) is 6.08 Å². The van der Waals surface area contributed by atoms with Crippen molar-refractivity contribution in [2.45, 2.75) is 119 Å². The molecule has 6 rings (SSSR count). The van der Waals surface area contributed by atoms with Crippen LogP contribution in [-0.2, 0) is 14.4 Å². The molecule has 0 radical (unpaired) electrons. The van der Waals surface area contributed by atoms with E-state index in [2.05, 4.69) is 41.5 Å². The highest BCUT2D eigenvalue weighted by Crippen LogP contribution is 2.75. The number of rotatable bonds is 5. The lowest BCUT2D eigenvalue weighted by atomic mass is 9.33. The van der Waals surface area contributed by atoms with Crippen LogP contribution in [0.5, 0.6) is 11.5 Å². The van der Waals surface area contributed by atoms with Crippen molar-refractivity contribution in [2.24, 2.45) is 50.2 Å². The van der Waals surface area contributed by atoms with Crippen molar-refractivity contribution >= 4 is 23.6 Å². The third kappa shape index (κ3) is 4.93. The maximum absolute atomic E-state index is 14.6. The maximum Gasteiger partial charge on any atom is 0.317 e. The summed E-state index contributed by atoms with van der Waals surface area (Å²) < 4.78 is 11.8. The van der Waals surface area contributed by atoms with Gasteiger partial charge in [0.1, 0.15) is 0 Å². The van der Waals surface area contributed by atoms with Gasteiger partial charge in [0.15, 0.2) is 23.1 Å². The van der Waals surface area contributed by atoms with E-state index >= 15 is 0 Å². The number of hydrogen-bond acceptors (Lipinski definition) is 6. The Morgan fingerprint density at radius 3 is 2.32 bits per heavy atom. The molecule has 1 N–H and O–H groups in total. The molecule has 5 aliphatic carbocycles. The van der Waals surface area contributed by atoms with Gasteiger partial charge in [-0.15, -0.1) is 0 Å². The van der Waals surface area contributed by atoms with Crippen LogP contribution in [0.2, 0.25) is 0 Å². The number of carbonyl (C=O) groups is 3. The van der Waals surface area contributed by atoms with Crippen LogP contribution in [-0.4, -0.2) is 35.9 Å². The summed E-state index contributed by atoms with van der Waals surface area (Å²) in [5.74, 6) is 0.957. The Balaban J connectivity index is 1.35. The molecule has 256 valence electrons. The molecule has 0 spiro atoms. The lowest BCUT2D eigenvalue weighted by Crippen LogP contribution is -2.66. The molecule has 4 fully saturated rings. The molecule has 0 heterocycles. The van der Waals surface area contributed by atoms with Crippen LogP contribution in [0.3, 0.4) is 0 Å². The molecule has 1 aromatic carbocycles. The highest BCUT2D eigenvalue weighted by atomic mass is 16.6. The van der Waals surface area contributed by atoms with Crippen LogP contribution in [0.15, 0.2) is 35.9 Å². The monoisotopic (exact) mass is 644 g/mol. The van der Waals surface area contributed by atoms with Crippen molar-refractivity contribution in [1.29, 1.82) is 0 Å². The minimum atomic E-state index is -0.750. The number of allylic oxidation sites excluding steroid dienone is 3. The second-order valence-corrected chi connectivity index (χ2v) is 17.8. The maximum atomic E-state index is 14.6. The molecule has 0 saturated heterocycles. The van der Waals surface area contributed by atoms with Crippen molar-refractivity contribution in [2.75, 3.05) is 7.11 Å². The zero-order valence-corrected chi connectivity index (χ0v) is 30.1. The van der Waals surface area contributed by atoms with E-state index in [1.165, 1.54) is 18.6 Å². The smallest absolute Gasteiger partial charge is 0.317 e. The number of carbonyl (C=O) groups excluding carboxylic acids is 3. The van der Waals surface area contributed by atoms with Crippen LogP contribution in [0.4, 0.5) is 0 Å². The van der Waals surface area contributed by atoms with E-state index in [0.717, 1.165) is 44.9 Å². The molecule has 5 aliphatic rings. The number of aliphatic hydroxyl groups is 1. The number of methoxy groups -OCH3 is 1. The van der Waals surface area contributed by atoms with Gasteiger partial charge in [-0.05, 0) is 135 Å². The summed E-state index contributed by atoms with van der Waals surface area (Å²) in [6.07, 6.45) is 12.8. The van der Waals surface area contributed by atoms with Crippen molar-refractivity contribution in [3.63, 3.8) is 0 Å². The summed E-state index contributed by atoms with van der Waals surface area (Å²) in [6.45, 7) is 17.5. The van der Waals surface area contributed by atoms with Gasteiger partial charge in [-0.25, -0.2) is 0 Å². The predicted octanol–water partition coefficient (Wildman–Crippen LogP) is 8.54. The standard InChI is InChI=1S/C41H56O6/c1-25(42)13-14-26-11-10-12-30(46-9)33(26)47-35(45)38(5)20-19-37(4)21-22-40(7)27(28(37)24-38)23-29(43)34-39(6)17-16-32(44)36(2,3)31(39)15-18-41(34,40)8/h10-14,23,28,31-32,34,44H,15-22,24H2,1-9H3/b14-13+/t28-,31-,32-,34+,37+,38-,39-,40+,41+/m0/s1. The second kappa shape index (κ2) is 11.1. The van der Waals surface area contributed by atoms with Gasteiger partial charge in [0, 0.05) is 11.5 Å². The first kappa shape index (κ1) is 34.1. The lowest BCUT2D eigenvalue weighted by molar-refractivity contribution is -0.202. The molecule has 6 heteroatoms. The predicted molar refractivity (Wildman–Crippen MR) is 184 cm³/mol. The zero-order chi connectivity index (χ0) is 34.4. The molecule has 47 heavy (non-hydrogen) atoms. The third-order valence-corrected chi connectivity index (χ3v) is 15.0. The summed E-state index contributed by atoms with van der Waals surface area (Å²) >= 11 is 0. The SMILES string of the molecule is COc1cccc(/C=C/C(C)=O)c1OC(=O)[C@@]1(C)CC[C@]2(C)CC[C@]3(C)C(=CC(=O)[C@@H]4[C@@]5(C)CC[C@H](O)C(C)(C)[C@@H]5CC[C@]43C)[C@@H]2C1. The van der Waals surface area contributed by atoms with Crippen LogP contribution >= 0.6 is 0 Å². The molecule has 9 atom stereocenters. The summed E-state index contributed by atoms with van der Waals surface area (Å²) in [6, 6.07) is 5.40. The van der Waals surface area contributed by atoms with Crippen molar-refractivity contribution in [1.82, 2.24) is 0 Å². The normalized spacial score (nSPS) is 42.3. The van der Waals surface area contributed by atoms with Crippen LogP contribution in [0.1, 0.15) is 119 Å². The Kier molecular flexibility index (Phi) is 8.10. The minimum Gasteiger partial charge on any atom is -0.493 e. The molecule has 0 unspecified atom stereocenters. The number of ether oxygens (including phenoxy) is 2. The number of hydrogen-bond donors (Lipinski definition) is 1. The van der Waals surface area contributed by atoms with E-state index in [9.17, 15) is 19.5 Å². The second-order valence-electron chi connectivity index (χ2n) is 17.8. The van der Waals surface area contributed by atoms with Crippen molar-refractivity contribution in [3.8, 4) is 11.5 Å². The van der Waals surface area contributed by atoms with Gasteiger partial charge < -0.3 is 14.6 Å². The van der Waals surface area contributed by atoms with Gasteiger partial charge in [0.25, 0.3) is 0 Å². The van der Waals surface area contributed by atoms with Crippen LogP contribution < -0.4 is 9.47 Å².